The Morgan fingerprint density at radius 2 is 0.960 bits per heavy atom. The predicted octanol–water partition coefficient (Wildman–Crippen LogP) is 1.16. The summed E-state index contributed by atoms with van der Waals surface area (Å²) < 4.78 is 42.6. The van der Waals surface area contributed by atoms with Crippen LogP contribution < -0.4 is 0 Å². The Morgan fingerprint density at radius 1 is 0.720 bits per heavy atom. The molecule has 0 bridgehead atoms. The van der Waals surface area contributed by atoms with E-state index in [4.69, 9.17) is 10.2 Å². The van der Waals surface area contributed by atoms with Crippen LogP contribution in [0.15, 0.2) is 48.5 Å². The van der Waals surface area contributed by atoms with Crippen LogP contribution in [-0.2, 0) is 51.4 Å². The second kappa shape index (κ2) is 11.0. The molecule has 2 atom stereocenters. The molecule has 25 heavy (non-hydrogen) atoms. The number of benzene rings is 2. The van der Waals surface area contributed by atoms with Gasteiger partial charge in [0.25, 0.3) is 0 Å². The van der Waals surface area contributed by atoms with Crippen molar-refractivity contribution in [1.82, 2.24) is 0 Å². The Labute approximate surface area is 186 Å². The molecule has 0 saturated carbocycles. The van der Waals surface area contributed by atoms with Crippen LogP contribution in [0.4, 0.5) is 0 Å². The molecule has 0 radical (unpaired) electrons. The van der Waals surface area contributed by atoms with Crippen LogP contribution in [0.25, 0.3) is 0 Å². The number of hydrogen-bond donors (Lipinski definition) is 2. The van der Waals surface area contributed by atoms with Gasteiger partial charge < -0.3 is 19.3 Å². The average Bonchev–Trinajstić information content (AvgIpc) is 2.42. The van der Waals surface area contributed by atoms with Crippen molar-refractivity contribution in [3.8, 4) is 11.5 Å². The molecular formula is C14H14CaO6S4. The van der Waals surface area contributed by atoms with Gasteiger partial charge >= 0.3 is 37.7 Å². The van der Waals surface area contributed by atoms with Gasteiger partial charge in [0.1, 0.15) is 11.5 Å². The zero-order valence-electron chi connectivity index (χ0n) is 12.9. The van der Waals surface area contributed by atoms with E-state index in [1.807, 2.05) is 0 Å². The maximum absolute atomic E-state index is 10.6. The molecule has 0 fully saturated rings. The van der Waals surface area contributed by atoms with Crippen molar-refractivity contribution >= 4 is 77.7 Å². The molecule has 2 rings (SSSR count). The summed E-state index contributed by atoms with van der Waals surface area (Å²) in [4.78, 5) is 0. The monoisotopic (exact) mass is 446 g/mol. The molecule has 2 unspecified atom stereocenters. The first-order valence-electron chi connectivity index (χ1n) is 6.37. The maximum Gasteiger partial charge on any atom is 2.00 e. The van der Waals surface area contributed by atoms with E-state index in [1.54, 1.807) is 0 Å². The van der Waals surface area contributed by atoms with Crippen LogP contribution in [0.2, 0.25) is 0 Å². The molecule has 2 N–H and O–H groups in total. The molecule has 132 valence electrons. The molecule has 0 aliphatic carbocycles. The predicted molar refractivity (Wildman–Crippen MR) is 102 cm³/mol. The van der Waals surface area contributed by atoms with Gasteiger partial charge in [-0.2, -0.15) is 0 Å². The van der Waals surface area contributed by atoms with Crippen molar-refractivity contribution in [2.75, 3.05) is 0 Å². The van der Waals surface area contributed by atoms with Gasteiger partial charge in [0.05, 0.1) is 0 Å². The van der Waals surface area contributed by atoms with Crippen LogP contribution in [0.5, 0.6) is 11.5 Å². The van der Waals surface area contributed by atoms with E-state index in [-0.39, 0.29) is 60.7 Å². The normalized spacial score (nSPS) is 14.8. The van der Waals surface area contributed by atoms with Crippen LogP contribution in [0, 0.1) is 0 Å². The Bertz CT molecular complexity index is 787. The van der Waals surface area contributed by atoms with Gasteiger partial charge in [0.15, 0.2) is 0 Å². The van der Waals surface area contributed by atoms with Crippen molar-refractivity contribution < 1.29 is 27.7 Å². The summed E-state index contributed by atoms with van der Waals surface area (Å²) in [6, 6.07) is 11.8. The second-order valence-electron chi connectivity index (χ2n) is 4.74. The second-order valence-corrected chi connectivity index (χ2v) is 10.6. The minimum absolute atomic E-state index is 0. The number of aromatic hydroxyl groups is 2. The summed E-state index contributed by atoms with van der Waals surface area (Å²) >= 11 is 8.42. The fraction of sp³-hybridized carbons (Fsp3) is 0.143. The summed E-state index contributed by atoms with van der Waals surface area (Å²) in [6.07, 6.45) is 0. The minimum atomic E-state index is -3.39. The molecule has 2 aromatic rings. The van der Waals surface area contributed by atoms with Crippen LogP contribution in [0.3, 0.4) is 0 Å². The summed E-state index contributed by atoms with van der Waals surface area (Å²) in [6.45, 7) is 0. The van der Waals surface area contributed by atoms with Crippen molar-refractivity contribution in [3.05, 3.63) is 59.7 Å². The molecule has 6 nitrogen and oxygen atoms in total. The minimum Gasteiger partial charge on any atom is -0.769 e. The Morgan fingerprint density at radius 3 is 1.16 bits per heavy atom. The number of phenols is 2. The fourth-order valence-corrected chi connectivity index (χ4v) is 3.61. The van der Waals surface area contributed by atoms with Gasteiger partial charge in [-0.05, 0) is 75.3 Å². The summed E-state index contributed by atoms with van der Waals surface area (Å²) in [5.41, 5.74) is 1.17. The zero-order chi connectivity index (χ0) is 18.4. The number of hydrogen-bond acceptors (Lipinski definition) is 8. The van der Waals surface area contributed by atoms with E-state index < -0.39 is 17.5 Å². The smallest absolute Gasteiger partial charge is 0.769 e. The van der Waals surface area contributed by atoms with Crippen molar-refractivity contribution in [3.63, 3.8) is 0 Å². The third-order valence-electron chi connectivity index (χ3n) is 2.56. The first kappa shape index (κ1) is 25.0. The van der Waals surface area contributed by atoms with E-state index in [2.05, 4.69) is 22.4 Å². The van der Waals surface area contributed by atoms with E-state index in [0.717, 1.165) is 0 Å². The fourth-order valence-electron chi connectivity index (χ4n) is 1.59. The van der Waals surface area contributed by atoms with Crippen molar-refractivity contribution in [2.24, 2.45) is 0 Å². The molecule has 0 saturated heterocycles. The van der Waals surface area contributed by atoms with E-state index in [9.17, 15) is 17.5 Å². The van der Waals surface area contributed by atoms with Gasteiger partial charge in [-0.3, -0.25) is 8.42 Å². The zero-order valence-corrected chi connectivity index (χ0v) is 18.4. The van der Waals surface area contributed by atoms with Crippen LogP contribution in [-0.4, -0.2) is 65.5 Å². The Hall–Kier alpha value is -0.0403. The third-order valence-corrected chi connectivity index (χ3v) is 4.64. The van der Waals surface area contributed by atoms with Crippen molar-refractivity contribution in [2.45, 2.75) is 11.5 Å². The largest absolute Gasteiger partial charge is 2.00 e. The first-order chi connectivity index (χ1) is 10.9. The Balaban J connectivity index is 0.000000443. The summed E-state index contributed by atoms with van der Waals surface area (Å²) in [5, 5.41) is 17.8. The summed E-state index contributed by atoms with van der Waals surface area (Å²) in [7, 11) is -6.78. The molecule has 0 aliphatic heterocycles. The van der Waals surface area contributed by atoms with Crippen LogP contribution in [0.1, 0.15) is 11.1 Å². The molecule has 0 amide bonds. The number of rotatable bonds is 4. The molecule has 11 heteroatoms. The van der Waals surface area contributed by atoms with Gasteiger partial charge in [-0.25, -0.2) is 0 Å². The van der Waals surface area contributed by atoms with E-state index in [0.29, 0.717) is 11.1 Å². The van der Waals surface area contributed by atoms with Gasteiger partial charge in [-0.1, -0.05) is 24.3 Å². The third kappa shape index (κ3) is 12.9. The first-order valence-corrected chi connectivity index (χ1v) is 11.5. The average molecular weight is 447 g/mol. The molecule has 0 spiro atoms. The molecular weight excluding hydrogens is 432 g/mol. The van der Waals surface area contributed by atoms with Crippen LogP contribution >= 0.6 is 0 Å². The van der Waals surface area contributed by atoms with E-state index in [1.165, 1.54) is 48.5 Å². The molecule has 0 heterocycles. The van der Waals surface area contributed by atoms with Gasteiger partial charge in [0.2, 0.25) is 0 Å². The standard InChI is InChI=1S/2C7H8O3S2.Ca/c2*8-7-3-1-6(2-4-7)5-12(9,10)11;/h2*1-4,8H,5H2,(H,9,10,11);/q;;+2/p-2. The van der Waals surface area contributed by atoms with Gasteiger partial charge in [0, 0.05) is 11.5 Å². The summed E-state index contributed by atoms with van der Waals surface area (Å²) in [5.74, 6) is -0.105. The maximum atomic E-state index is 10.6. The number of phenolic OH excluding ortho intramolecular Hbond substituents is 2. The van der Waals surface area contributed by atoms with Gasteiger partial charge in [-0.15, -0.1) is 0 Å². The van der Waals surface area contributed by atoms with Crippen molar-refractivity contribution in [1.29, 1.82) is 0 Å². The molecule has 2 aromatic carbocycles. The Kier molecular flexibility index (Phi) is 10.9. The quantitative estimate of drug-likeness (QED) is 0.671. The topological polar surface area (TPSA) is 121 Å². The van der Waals surface area contributed by atoms with E-state index >= 15 is 0 Å². The molecule has 0 aliphatic rings. The molecule has 0 aromatic heterocycles. The SMILES string of the molecule is O=S([O-])(=S)Cc1ccc(O)cc1.O=S([O-])(=S)Cc1ccc(O)cc1.[Ca+2].